The third-order valence-electron chi connectivity index (χ3n) is 6.25. The number of para-hydroxylation sites is 1. The number of amides is 1. The second-order valence-corrected chi connectivity index (χ2v) is 8.99. The Labute approximate surface area is 191 Å². The maximum Gasteiger partial charge on any atom is 0.229 e. The van der Waals surface area contributed by atoms with Gasteiger partial charge in [-0.05, 0) is 35.4 Å². The van der Waals surface area contributed by atoms with Crippen molar-refractivity contribution in [3.63, 3.8) is 0 Å². The fourth-order valence-electron chi connectivity index (χ4n) is 4.69. The number of rotatable bonds is 3. The molecule has 0 radical (unpaired) electrons. The first-order valence-electron chi connectivity index (χ1n) is 10.6. The molecular formula is C26H23N3O2S. The summed E-state index contributed by atoms with van der Waals surface area (Å²) in [7, 11) is 1.64. The number of carbonyl (C=O) groups excluding carboxylic acids is 1. The van der Waals surface area contributed by atoms with Crippen molar-refractivity contribution in [1.29, 1.82) is 5.26 Å². The molecule has 32 heavy (non-hydrogen) atoms. The number of hydrogen-bond acceptors (Lipinski definition) is 5. The quantitative estimate of drug-likeness (QED) is 0.546. The molecule has 0 N–H and O–H groups in total. The average Bonchev–Trinajstić information content (AvgIpc) is 2.83. The number of nitriles is 1. The molecule has 0 aliphatic carbocycles. The molecule has 6 heteroatoms. The van der Waals surface area contributed by atoms with Crippen molar-refractivity contribution in [3.8, 4) is 11.8 Å². The Kier molecular flexibility index (Phi) is 5.28. The number of allylic oxidation sites excluding steroid dienone is 1. The first-order valence-corrected chi connectivity index (χ1v) is 11.5. The fourth-order valence-corrected chi connectivity index (χ4v) is 5.85. The van der Waals surface area contributed by atoms with Crippen molar-refractivity contribution in [2.75, 3.05) is 24.6 Å². The Morgan fingerprint density at radius 1 is 1.09 bits per heavy atom. The minimum atomic E-state index is -0.322. The highest BCUT2D eigenvalue weighted by Crippen LogP contribution is 2.47. The molecule has 3 aromatic rings. The number of anilines is 1. The highest BCUT2D eigenvalue weighted by molar-refractivity contribution is 8.03. The second-order valence-electron chi connectivity index (χ2n) is 8.05. The van der Waals surface area contributed by atoms with Gasteiger partial charge in [0.2, 0.25) is 5.91 Å². The summed E-state index contributed by atoms with van der Waals surface area (Å²) in [5, 5.41) is 13.1. The van der Waals surface area contributed by atoms with Crippen LogP contribution in [0.5, 0.6) is 5.75 Å². The van der Waals surface area contributed by atoms with E-state index in [-0.39, 0.29) is 18.2 Å². The molecule has 0 aromatic heterocycles. The van der Waals surface area contributed by atoms with Gasteiger partial charge in [-0.3, -0.25) is 9.69 Å². The van der Waals surface area contributed by atoms with E-state index in [1.807, 2.05) is 48.5 Å². The number of fused-ring (bicyclic) bond motifs is 2. The van der Waals surface area contributed by atoms with Crippen molar-refractivity contribution in [2.24, 2.45) is 0 Å². The van der Waals surface area contributed by atoms with Gasteiger partial charge in [0.05, 0.1) is 36.3 Å². The van der Waals surface area contributed by atoms with Crippen LogP contribution in [0.4, 0.5) is 5.69 Å². The van der Waals surface area contributed by atoms with E-state index >= 15 is 0 Å². The molecule has 2 heterocycles. The van der Waals surface area contributed by atoms with Gasteiger partial charge in [0.1, 0.15) is 5.75 Å². The lowest BCUT2D eigenvalue weighted by Gasteiger charge is -2.42. The van der Waals surface area contributed by atoms with E-state index in [1.165, 1.54) is 5.56 Å². The number of ether oxygens (including phenoxy) is 1. The molecule has 0 spiro atoms. The summed E-state index contributed by atoms with van der Waals surface area (Å²) >= 11 is 1.56. The lowest BCUT2D eigenvalue weighted by atomic mass is 9.83. The summed E-state index contributed by atoms with van der Waals surface area (Å²) < 4.78 is 5.69. The Morgan fingerprint density at radius 3 is 2.66 bits per heavy atom. The lowest BCUT2D eigenvalue weighted by Crippen LogP contribution is -2.47. The molecule has 1 unspecified atom stereocenters. The van der Waals surface area contributed by atoms with Crippen LogP contribution in [0.1, 0.15) is 23.5 Å². The summed E-state index contributed by atoms with van der Waals surface area (Å²) in [5.74, 6) is 1.11. The highest BCUT2D eigenvalue weighted by atomic mass is 32.2. The molecule has 5 rings (SSSR count). The number of carbonyl (C=O) groups is 1. The number of thioether (sulfide) groups is 1. The van der Waals surface area contributed by atoms with E-state index in [2.05, 4.69) is 30.0 Å². The van der Waals surface area contributed by atoms with E-state index in [1.54, 1.807) is 23.8 Å². The standard InChI is InChI=1S/C26H23N3O2S/c1-17-7-3-6-10-22(17)28-15-29-24(30)13-20(21(14-27)26(29)32-16-28)25-19-9-5-4-8-18(19)11-12-23(25)31-2/h3-12,20H,13,15-16H2,1-2H3. The second kappa shape index (κ2) is 8.25. The maximum absolute atomic E-state index is 13.4. The monoisotopic (exact) mass is 441 g/mol. The SMILES string of the molecule is COc1ccc2ccccc2c1C1CC(=O)N2CN(c3ccccc3C)CSC2=C1C#N. The van der Waals surface area contributed by atoms with Crippen LogP contribution < -0.4 is 9.64 Å². The Bertz CT molecular complexity index is 1290. The summed E-state index contributed by atoms with van der Waals surface area (Å²) in [6.45, 7) is 2.53. The first kappa shape index (κ1) is 20.5. The molecule has 160 valence electrons. The van der Waals surface area contributed by atoms with Crippen LogP contribution in [0.25, 0.3) is 10.8 Å². The number of methoxy groups -OCH3 is 1. The van der Waals surface area contributed by atoms with Crippen molar-refractivity contribution in [3.05, 3.63) is 82.4 Å². The van der Waals surface area contributed by atoms with Crippen molar-refractivity contribution < 1.29 is 9.53 Å². The average molecular weight is 442 g/mol. The summed E-state index contributed by atoms with van der Waals surface area (Å²) in [6.07, 6.45) is 0.249. The predicted molar refractivity (Wildman–Crippen MR) is 128 cm³/mol. The van der Waals surface area contributed by atoms with Crippen LogP contribution in [0, 0.1) is 18.3 Å². The van der Waals surface area contributed by atoms with E-state index in [9.17, 15) is 10.1 Å². The van der Waals surface area contributed by atoms with Crippen LogP contribution in [-0.4, -0.2) is 30.5 Å². The maximum atomic E-state index is 13.4. The number of benzene rings is 3. The van der Waals surface area contributed by atoms with Crippen LogP contribution in [0.15, 0.2) is 71.3 Å². The molecule has 0 saturated carbocycles. The van der Waals surface area contributed by atoms with Gasteiger partial charge in [-0.25, -0.2) is 0 Å². The van der Waals surface area contributed by atoms with E-state index < -0.39 is 0 Å². The fraction of sp³-hybridized carbons (Fsp3) is 0.231. The predicted octanol–water partition coefficient (Wildman–Crippen LogP) is 5.38. The van der Waals surface area contributed by atoms with Crippen molar-refractivity contribution >= 4 is 34.1 Å². The van der Waals surface area contributed by atoms with Gasteiger partial charge in [0.15, 0.2) is 0 Å². The minimum Gasteiger partial charge on any atom is -0.496 e. The molecule has 1 fully saturated rings. The van der Waals surface area contributed by atoms with Gasteiger partial charge in [-0.2, -0.15) is 5.26 Å². The van der Waals surface area contributed by atoms with Crippen molar-refractivity contribution in [1.82, 2.24) is 4.90 Å². The van der Waals surface area contributed by atoms with Crippen LogP contribution >= 0.6 is 11.8 Å². The Balaban J connectivity index is 1.59. The summed E-state index contributed by atoms with van der Waals surface area (Å²) in [5.41, 5.74) is 3.85. The van der Waals surface area contributed by atoms with Gasteiger partial charge in [0, 0.05) is 23.6 Å². The number of nitrogens with zero attached hydrogens (tertiary/aromatic N) is 3. The molecule has 2 aliphatic rings. The smallest absolute Gasteiger partial charge is 0.229 e. The number of aryl methyl sites for hydroxylation is 1. The highest BCUT2D eigenvalue weighted by Gasteiger charge is 2.40. The zero-order valence-electron chi connectivity index (χ0n) is 18.0. The Morgan fingerprint density at radius 2 is 1.88 bits per heavy atom. The molecule has 2 aliphatic heterocycles. The van der Waals surface area contributed by atoms with E-state index in [0.29, 0.717) is 23.9 Å². The van der Waals surface area contributed by atoms with Gasteiger partial charge in [-0.1, -0.05) is 60.3 Å². The largest absolute Gasteiger partial charge is 0.496 e. The molecule has 1 saturated heterocycles. The van der Waals surface area contributed by atoms with Gasteiger partial charge in [-0.15, -0.1) is 0 Å². The topological polar surface area (TPSA) is 56.6 Å². The van der Waals surface area contributed by atoms with Crippen molar-refractivity contribution in [2.45, 2.75) is 19.3 Å². The van der Waals surface area contributed by atoms with Crippen LogP contribution in [0.2, 0.25) is 0 Å². The molecule has 5 nitrogen and oxygen atoms in total. The third kappa shape index (κ3) is 3.30. The minimum absolute atomic E-state index is 0.0322. The third-order valence-corrected chi connectivity index (χ3v) is 7.40. The van der Waals surface area contributed by atoms with Crippen LogP contribution in [0.3, 0.4) is 0 Å². The van der Waals surface area contributed by atoms with E-state index in [4.69, 9.17) is 4.74 Å². The lowest BCUT2D eigenvalue weighted by molar-refractivity contribution is -0.129. The summed E-state index contributed by atoms with van der Waals surface area (Å²) in [6, 6.07) is 22.6. The summed E-state index contributed by atoms with van der Waals surface area (Å²) in [4.78, 5) is 17.3. The first-order chi connectivity index (χ1) is 15.6. The molecular weight excluding hydrogens is 418 g/mol. The molecule has 1 atom stereocenters. The van der Waals surface area contributed by atoms with E-state index in [0.717, 1.165) is 27.1 Å². The zero-order valence-corrected chi connectivity index (χ0v) is 18.9. The zero-order chi connectivity index (χ0) is 22.2. The number of hydrogen-bond donors (Lipinski definition) is 0. The van der Waals surface area contributed by atoms with Gasteiger partial charge < -0.3 is 9.64 Å². The molecule has 3 aromatic carbocycles. The normalized spacial score (nSPS) is 18.5. The van der Waals surface area contributed by atoms with Gasteiger partial charge >= 0.3 is 0 Å². The molecule has 1 amide bonds. The molecule has 0 bridgehead atoms. The van der Waals surface area contributed by atoms with Crippen LogP contribution in [-0.2, 0) is 4.79 Å². The van der Waals surface area contributed by atoms with Gasteiger partial charge in [0.25, 0.3) is 0 Å². The Hall–Kier alpha value is -3.43.